The number of amides is 1. The summed E-state index contributed by atoms with van der Waals surface area (Å²) in [6.45, 7) is 6.66. The Balaban J connectivity index is 4.48. The maximum absolute atomic E-state index is 11.5. The number of carboxylic acids is 1. The first-order valence-electron chi connectivity index (χ1n) is 6.15. The lowest BCUT2D eigenvalue weighted by Gasteiger charge is -2.24. The number of hydrogen-bond donors (Lipinski definition) is 3. The second-order valence-electron chi connectivity index (χ2n) is 5.27. The minimum Gasteiger partial charge on any atom is -0.481 e. The first kappa shape index (κ1) is 17.4. The van der Waals surface area contributed by atoms with Crippen LogP contribution in [-0.4, -0.2) is 40.5 Å². The summed E-state index contributed by atoms with van der Waals surface area (Å²) in [7, 11) is 0. The summed E-state index contributed by atoms with van der Waals surface area (Å²) in [5.41, 5.74) is -0.626. The van der Waals surface area contributed by atoms with Crippen LogP contribution in [0.4, 0.5) is 4.79 Å². The van der Waals surface area contributed by atoms with Crippen molar-refractivity contribution < 1.29 is 24.5 Å². The molecule has 19 heavy (non-hydrogen) atoms. The fourth-order valence-electron chi connectivity index (χ4n) is 1.43. The predicted octanol–water partition coefficient (Wildman–Crippen LogP) is 1.54. The van der Waals surface area contributed by atoms with Crippen molar-refractivity contribution in [2.75, 3.05) is 6.61 Å². The van der Waals surface area contributed by atoms with E-state index in [-0.39, 0.29) is 13.0 Å². The quantitative estimate of drug-likeness (QED) is 0.638. The zero-order valence-electron chi connectivity index (χ0n) is 11.8. The van der Waals surface area contributed by atoms with Crippen molar-refractivity contribution in [2.24, 2.45) is 5.92 Å². The van der Waals surface area contributed by atoms with Gasteiger partial charge in [0.15, 0.2) is 0 Å². The van der Waals surface area contributed by atoms with Gasteiger partial charge in [-0.15, -0.1) is 0 Å². The van der Waals surface area contributed by atoms with Gasteiger partial charge in [-0.05, 0) is 34.1 Å². The first-order chi connectivity index (χ1) is 8.67. The summed E-state index contributed by atoms with van der Waals surface area (Å²) in [6.07, 6.45) is 2.63. The summed E-state index contributed by atoms with van der Waals surface area (Å²) < 4.78 is 5.06. The molecule has 0 spiro atoms. The van der Waals surface area contributed by atoms with E-state index in [0.29, 0.717) is 0 Å². The zero-order chi connectivity index (χ0) is 15.1. The molecule has 0 radical (unpaired) electrons. The minimum atomic E-state index is -1.01. The van der Waals surface area contributed by atoms with Crippen LogP contribution < -0.4 is 5.32 Å². The number of nitrogens with one attached hydrogen (secondary N) is 1. The Labute approximate surface area is 113 Å². The number of aliphatic hydroxyl groups is 1. The molecule has 0 fully saturated rings. The number of alkyl carbamates (subject to hydrolysis) is 1. The third-order valence-electron chi connectivity index (χ3n) is 2.33. The van der Waals surface area contributed by atoms with E-state index in [2.05, 4.69) is 5.32 Å². The number of aliphatic carboxylic acids is 1. The molecule has 1 amide bonds. The van der Waals surface area contributed by atoms with Crippen molar-refractivity contribution in [3.8, 4) is 0 Å². The summed E-state index contributed by atoms with van der Waals surface area (Å²) in [6, 6.07) is -0.573. The second-order valence-corrected chi connectivity index (χ2v) is 5.27. The number of carboxylic acid groups (broad SMARTS) is 1. The summed E-state index contributed by atoms with van der Waals surface area (Å²) >= 11 is 0. The van der Waals surface area contributed by atoms with Gasteiger partial charge in [0, 0.05) is 6.04 Å². The van der Waals surface area contributed by atoms with Crippen molar-refractivity contribution >= 4 is 12.1 Å². The third-order valence-corrected chi connectivity index (χ3v) is 2.33. The van der Waals surface area contributed by atoms with Crippen LogP contribution in [0.3, 0.4) is 0 Å². The number of ether oxygens (including phenoxy) is 1. The van der Waals surface area contributed by atoms with E-state index < -0.39 is 29.6 Å². The van der Waals surface area contributed by atoms with Gasteiger partial charge < -0.3 is 20.3 Å². The molecule has 3 N–H and O–H groups in total. The van der Waals surface area contributed by atoms with Crippen LogP contribution in [0.15, 0.2) is 12.2 Å². The Morgan fingerprint density at radius 2 is 1.89 bits per heavy atom. The molecule has 0 saturated heterocycles. The Morgan fingerprint density at radius 1 is 1.32 bits per heavy atom. The smallest absolute Gasteiger partial charge is 0.407 e. The third kappa shape index (κ3) is 8.20. The van der Waals surface area contributed by atoms with Crippen LogP contribution in [0.2, 0.25) is 0 Å². The highest BCUT2D eigenvalue weighted by molar-refractivity contribution is 5.73. The van der Waals surface area contributed by atoms with Crippen LogP contribution in [0.25, 0.3) is 0 Å². The Kier molecular flexibility index (Phi) is 7.14. The Hall–Kier alpha value is -1.56. The van der Waals surface area contributed by atoms with Crippen molar-refractivity contribution in [3.63, 3.8) is 0 Å². The maximum Gasteiger partial charge on any atom is 0.407 e. The SMILES string of the molecule is C[C@@H](NC(=O)OC(C)(C)C)[C@@H](C/C=C\CO)C(=O)O. The Bertz CT molecular complexity index is 332. The van der Waals surface area contributed by atoms with Crippen LogP contribution in [-0.2, 0) is 9.53 Å². The molecule has 0 unspecified atom stereocenters. The van der Waals surface area contributed by atoms with Gasteiger partial charge in [-0.1, -0.05) is 12.2 Å². The van der Waals surface area contributed by atoms with Crippen LogP contribution in [0.1, 0.15) is 34.1 Å². The van der Waals surface area contributed by atoms with Crippen molar-refractivity contribution in [2.45, 2.75) is 45.8 Å². The lowest BCUT2D eigenvalue weighted by atomic mass is 9.97. The lowest BCUT2D eigenvalue weighted by molar-refractivity contribution is -0.142. The molecule has 110 valence electrons. The van der Waals surface area contributed by atoms with Crippen molar-refractivity contribution in [1.29, 1.82) is 0 Å². The molecular formula is C13H23NO5. The number of hydrogen-bond acceptors (Lipinski definition) is 4. The zero-order valence-corrected chi connectivity index (χ0v) is 11.8. The van der Waals surface area contributed by atoms with Gasteiger partial charge in [-0.25, -0.2) is 4.79 Å². The van der Waals surface area contributed by atoms with Gasteiger partial charge >= 0.3 is 12.1 Å². The van der Waals surface area contributed by atoms with E-state index in [9.17, 15) is 9.59 Å². The summed E-state index contributed by atoms with van der Waals surface area (Å²) in [4.78, 5) is 22.7. The molecule has 0 aliphatic rings. The molecule has 6 nitrogen and oxygen atoms in total. The van der Waals surface area contributed by atoms with Gasteiger partial charge in [0.25, 0.3) is 0 Å². The number of carbonyl (C=O) groups is 2. The molecule has 0 heterocycles. The van der Waals surface area contributed by atoms with Gasteiger partial charge in [0.1, 0.15) is 5.60 Å². The molecule has 0 aliphatic carbocycles. The monoisotopic (exact) mass is 273 g/mol. The molecule has 0 saturated carbocycles. The van der Waals surface area contributed by atoms with E-state index in [1.165, 1.54) is 6.08 Å². The largest absolute Gasteiger partial charge is 0.481 e. The molecule has 6 heteroatoms. The lowest BCUT2D eigenvalue weighted by Crippen LogP contribution is -2.43. The van der Waals surface area contributed by atoms with E-state index in [0.717, 1.165) is 0 Å². The van der Waals surface area contributed by atoms with E-state index >= 15 is 0 Å². The molecule has 0 aromatic heterocycles. The number of carbonyl (C=O) groups excluding carboxylic acids is 1. The average Bonchev–Trinajstić information content (AvgIpc) is 2.20. The highest BCUT2D eigenvalue weighted by Crippen LogP contribution is 2.12. The molecule has 0 rings (SSSR count). The topological polar surface area (TPSA) is 95.9 Å². The van der Waals surface area contributed by atoms with Crippen LogP contribution in [0.5, 0.6) is 0 Å². The van der Waals surface area contributed by atoms with Crippen LogP contribution in [0, 0.1) is 5.92 Å². The Morgan fingerprint density at radius 3 is 2.32 bits per heavy atom. The van der Waals surface area contributed by atoms with Crippen molar-refractivity contribution in [1.82, 2.24) is 5.32 Å². The van der Waals surface area contributed by atoms with Crippen molar-refractivity contribution in [3.05, 3.63) is 12.2 Å². The first-order valence-corrected chi connectivity index (χ1v) is 6.15. The number of rotatable bonds is 6. The number of allylic oxidation sites excluding steroid dienone is 1. The van der Waals surface area contributed by atoms with Gasteiger partial charge in [-0.3, -0.25) is 4.79 Å². The molecule has 0 aromatic carbocycles. The van der Waals surface area contributed by atoms with Gasteiger partial charge in [0.2, 0.25) is 0 Å². The standard InChI is InChI=1S/C13H23NO5/c1-9(14-12(18)19-13(2,3)4)10(11(16)17)7-5-6-8-15/h5-6,9-10,15H,7-8H2,1-4H3,(H,14,18)(H,16,17)/b6-5-/t9-,10-/m1/s1. The van der Waals surface area contributed by atoms with Gasteiger partial charge in [0.05, 0.1) is 12.5 Å². The van der Waals surface area contributed by atoms with E-state index in [1.807, 2.05) is 0 Å². The van der Waals surface area contributed by atoms with Crippen LogP contribution >= 0.6 is 0 Å². The number of aliphatic hydroxyl groups excluding tert-OH is 1. The fourth-order valence-corrected chi connectivity index (χ4v) is 1.43. The minimum absolute atomic E-state index is 0.139. The highest BCUT2D eigenvalue weighted by atomic mass is 16.6. The summed E-state index contributed by atoms with van der Waals surface area (Å²) in [5, 5.41) is 20.2. The molecular weight excluding hydrogens is 250 g/mol. The van der Waals surface area contributed by atoms with Gasteiger partial charge in [-0.2, -0.15) is 0 Å². The molecule has 0 bridgehead atoms. The molecule has 0 aliphatic heterocycles. The second kappa shape index (κ2) is 7.78. The fraction of sp³-hybridized carbons (Fsp3) is 0.692. The predicted molar refractivity (Wildman–Crippen MR) is 70.8 cm³/mol. The molecule has 2 atom stereocenters. The highest BCUT2D eigenvalue weighted by Gasteiger charge is 2.26. The summed E-state index contributed by atoms with van der Waals surface area (Å²) in [5.74, 6) is -1.78. The van der Waals surface area contributed by atoms with E-state index in [4.69, 9.17) is 14.9 Å². The van der Waals surface area contributed by atoms with E-state index in [1.54, 1.807) is 33.8 Å². The maximum atomic E-state index is 11.5. The average molecular weight is 273 g/mol. The molecule has 0 aromatic rings. The normalized spacial score (nSPS) is 15.0.